The number of nitrogens with two attached hydrogens (primary N) is 1. The average Bonchev–Trinajstić information content (AvgIpc) is 2.70. The fraction of sp³-hybridized carbons (Fsp3) is 0.0500. The Bertz CT molecular complexity index is 1040. The van der Waals surface area contributed by atoms with Gasteiger partial charge in [0.2, 0.25) is 5.91 Å². The molecule has 1 heterocycles. The summed E-state index contributed by atoms with van der Waals surface area (Å²) in [5.74, 6) is -1.15. The smallest absolute Gasteiger partial charge is 0.282 e. The highest BCUT2D eigenvalue weighted by atomic mass is 35.5. The van der Waals surface area contributed by atoms with Gasteiger partial charge in [0, 0.05) is 17.3 Å². The van der Waals surface area contributed by atoms with E-state index in [-0.39, 0.29) is 16.1 Å². The molecule has 142 valence electrons. The van der Waals surface area contributed by atoms with Crippen molar-refractivity contribution in [2.45, 2.75) is 0 Å². The van der Waals surface area contributed by atoms with Gasteiger partial charge in [-0.05, 0) is 48.5 Å². The number of carbonyl (C=O) groups is 2. The molecule has 3 aromatic rings. The standard InChI is InChI=1S/C20H15Cl2N3O3/c1-28-25(20(27)12-5-7-14(19(23)26)17(22)10-12)13-6-8-16(21)15(11-13)18-4-2-3-9-24-18/h2-11H,1H3,(H2,23,26). The molecule has 0 aliphatic heterocycles. The fourth-order valence-corrected chi connectivity index (χ4v) is 3.12. The Hall–Kier alpha value is -2.93. The van der Waals surface area contributed by atoms with Crippen LogP contribution in [0.15, 0.2) is 60.8 Å². The maximum absolute atomic E-state index is 12.9. The van der Waals surface area contributed by atoms with Gasteiger partial charge in [-0.1, -0.05) is 29.3 Å². The second-order valence-electron chi connectivity index (χ2n) is 5.72. The van der Waals surface area contributed by atoms with E-state index < -0.39 is 11.8 Å². The van der Waals surface area contributed by atoms with Gasteiger partial charge < -0.3 is 5.73 Å². The van der Waals surface area contributed by atoms with Gasteiger partial charge in [-0.3, -0.25) is 19.4 Å². The zero-order valence-electron chi connectivity index (χ0n) is 14.7. The van der Waals surface area contributed by atoms with Gasteiger partial charge in [-0.15, -0.1) is 0 Å². The second-order valence-corrected chi connectivity index (χ2v) is 6.53. The van der Waals surface area contributed by atoms with Gasteiger partial charge in [0.05, 0.1) is 34.1 Å². The first-order valence-electron chi connectivity index (χ1n) is 8.11. The first-order valence-corrected chi connectivity index (χ1v) is 8.87. The van der Waals surface area contributed by atoms with Crippen LogP contribution in [0, 0.1) is 0 Å². The lowest BCUT2D eigenvalue weighted by molar-refractivity contribution is 0.0773. The Labute approximate surface area is 171 Å². The first kappa shape index (κ1) is 19.8. The van der Waals surface area contributed by atoms with Crippen LogP contribution in [0.25, 0.3) is 11.3 Å². The van der Waals surface area contributed by atoms with Crippen molar-refractivity contribution < 1.29 is 14.4 Å². The van der Waals surface area contributed by atoms with Crippen LogP contribution in [0.2, 0.25) is 10.0 Å². The summed E-state index contributed by atoms with van der Waals surface area (Å²) in [6.45, 7) is 0. The number of benzene rings is 2. The van der Waals surface area contributed by atoms with Crippen molar-refractivity contribution in [1.29, 1.82) is 0 Å². The number of nitrogens with zero attached hydrogens (tertiary/aromatic N) is 2. The molecule has 3 rings (SSSR count). The second kappa shape index (κ2) is 8.39. The Morgan fingerprint density at radius 3 is 2.43 bits per heavy atom. The summed E-state index contributed by atoms with van der Waals surface area (Å²) < 4.78 is 0. The topological polar surface area (TPSA) is 85.5 Å². The molecule has 0 spiro atoms. The number of hydroxylamine groups is 1. The van der Waals surface area contributed by atoms with E-state index in [0.717, 1.165) is 5.06 Å². The van der Waals surface area contributed by atoms with Gasteiger partial charge in [0.25, 0.3) is 5.91 Å². The van der Waals surface area contributed by atoms with Gasteiger partial charge in [0.1, 0.15) is 0 Å². The molecule has 0 saturated heterocycles. The van der Waals surface area contributed by atoms with Crippen molar-refractivity contribution in [3.8, 4) is 11.3 Å². The van der Waals surface area contributed by atoms with Crippen LogP contribution in [0.1, 0.15) is 20.7 Å². The summed E-state index contributed by atoms with van der Waals surface area (Å²) >= 11 is 12.3. The van der Waals surface area contributed by atoms with Crippen LogP contribution < -0.4 is 10.8 Å². The maximum Gasteiger partial charge on any atom is 0.282 e. The molecule has 6 nitrogen and oxygen atoms in total. The first-order chi connectivity index (χ1) is 13.4. The van der Waals surface area contributed by atoms with Crippen molar-refractivity contribution in [2.24, 2.45) is 5.73 Å². The van der Waals surface area contributed by atoms with E-state index in [9.17, 15) is 9.59 Å². The van der Waals surface area contributed by atoms with Crippen LogP contribution in [-0.2, 0) is 4.84 Å². The largest absolute Gasteiger partial charge is 0.366 e. The highest BCUT2D eigenvalue weighted by Crippen LogP contribution is 2.31. The number of anilines is 1. The van der Waals surface area contributed by atoms with E-state index in [4.69, 9.17) is 33.8 Å². The summed E-state index contributed by atoms with van der Waals surface area (Å²) in [5.41, 5.74) is 7.36. The number of carbonyl (C=O) groups excluding carboxylic acids is 2. The molecule has 1 aromatic heterocycles. The van der Waals surface area contributed by atoms with Gasteiger partial charge in [0.15, 0.2) is 0 Å². The van der Waals surface area contributed by atoms with E-state index in [0.29, 0.717) is 22.0 Å². The quantitative estimate of drug-likeness (QED) is 0.627. The molecule has 0 aliphatic rings. The lowest BCUT2D eigenvalue weighted by Crippen LogP contribution is -2.30. The third-order valence-electron chi connectivity index (χ3n) is 3.97. The van der Waals surface area contributed by atoms with Gasteiger partial charge in [-0.2, -0.15) is 5.06 Å². The highest BCUT2D eigenvalue weighted by molar-refractivity contribution is 6.34. The summed E-state index contributed by atoms with van der Waals surface area (Å²) in [6, 6.07) is 14.7. The predicted molar refractivity (Wildman–Crippen MR) is 108 cm³/mol. The summed E-state index contributed by atoms with van der Waals surface area (Å²) in [4.78, 5) is 33.8. The molecule has 0 aliphatic carbocycles. The molecule has 0 bridgehead atoms. The van der Waals surface area contributed by atoms with Crippen LogP contribution >= 0.6 is 23.2 Å². The fourth-order valence-electron chi connectivity index (χ4n) is 2.63. The lowest BCUT2D eigenvalue weighted by atomic mass is 10.1. The highest BCUT2D eigenvalue weighted by Gasteiger charge is 2.21. The SMILES string of the molecule is CON(C(=O)c1ccc(C(N)=O)c(Cl)c1)c1ccc(Cl)c(-c2ccccn2)c1. The molecule has 0 saturated carbocycles. The predicted octanol–water partition coefficient (Wildman–Crippen LogP) is 4.36. The van der Waals surface area contributed by atoms with Crippen LogP contribution in [-0.4, -0.2) is 23.9 Å². The minimum Gasteiger partial charge on any atom is -0.366 e. The Morgan fingerprint density at radius 1 is 1.04 bits per heavy atom. The number of rotatable bonds is 5. The zero-order chi connectivity index (χ0) is 20.3. The van der Waals surface area contributed by atoms with E-state index in [1.54, 1.807) is 30.5 Å². The number of hydrogen-bond acceptors (Lipinski definition) is 4. The molecule has 2 aromatic carbocycles. The van der Waals surface area contributed by atoms with Crippen LogP contribution in [0.3, 0.4) is 0 Å². The van der Waals surface area contributed by atoms with E-state index in [2.05, 4.69) is 4.98 Å². The average molecular weight is 416 g/mol. The lowest BCUT2D eigenvalue weighted by Gasteiger charge is -2.21. The Balaban J connectivity index is 1.99. The molecule has 8 heteroatoms. The number of pyridine rings is 1. The summed E-state index contributed by atoms with van der Waals surface area (Å²) in [5, 5.41) is 1.66. The van der Waals surface area contributed by atoms with Crippen molar-refractivity contribution >= 4 is 40.7 Å². The van der Waals surface area contributed by atoms with Crippen molar-refractivity contribution in [2.75, 3.05) is 12.2 Å². The number of amides is 2. The van der Waals surface area contributed by atoms with E-state index in [1.165, 1.54) is 25.3 Å². The van der Waals surface area contributed by atoms with Gasteiger partial charge in [-0.25, -0.2) is 0 Å². The van der Waals surface area contributed by atoms with Crippen molar-refractivity contribution in [3.63, 3.8) is 0 Å². The van der Waals surface area contributed by atoms with Crippen LogP contribution in [0.4, 0.5) is 5.69 Å². The zero-order valence-corrected chi connectivity index (χ0v) is 16.2. The Kier molecular flexibility index (Phi) is 5.94. The Morgan fingerprint density at radius 2 is 1.82 bits per heavy atom. The molecular formula is C20H15Cl2N3O3. The van der Waals surface area contributed by atoms with Gasteiger partial charge >= 0.3 is 0 Å². The maximum atomic E-state index is 12.9. The van der Waals surface area contributed by atoms with Crippen LogP contribution in [0.5, 0.6) is 0 Å². The number of primary amides is 1. The van der Waals surface area contributed by atoms with Crippen molar-refractivity contribution in [3.05, 3.63) is 82.0 Å². The summed E-state index contributed by atoms with van der Waals surface area (Å²) in [6.07, 6.45) is 1.65. The molecule has 0 atom stereocenters. The number of hydrogen-bond donors (Lipinski definition) is 1. The molecule has 0 radical (unpaired) electrons. The normalized spacial score (nSPS) is 10.5. The molecule has 2 N–H and O–H groups in total. The third-order valence-corrected chi connectivity index (χ3v) is 4.62. The molecule has 28 heavy (non-hydrogen) atoms. The number of aromatic nitrogens is 1. The number of halogens is 2. The minimum atomic E-state index is -0.676. The van der Waals surface area contributed by atoms with Crippen molar-refractivity contribution in [1.82, 2.24) is 4.98 Å². The monoisotopic (exact) mass is 415 g/mol. The minimum absolute atomic E-state index is 0.0830. The van der Waals surface area contributed by atoms with E-state index in [1.807, 2.05) is 12.1 Å². The van der Waals surface area contributed by atoms with E-state index >= 15 is 0 Å². The summed E-state index contributed by atoms with van der Waals surface area (Å²) in [7, 11) is 1.37. The molecule has 2 amide bonds. The third kappa shape index (κ3) is 3.99. The molecule has 0 unspecified atom stereocenters. The molecule has 0 fully saturated rings. The molecular weight excluding hydrogens is 401 g/mol.